The Kier molecular flexibility index (Phi) is 8.75. The number of imidazole rings is 1. The molecule has 10 nitrogen and oxygen atoms in total. The number of carbonyl (C=O) groups is 2. The van der Waals surface area contributed by atoms with Crippen molar-refractivity contribution in [1.29, 1.82) is 0 Å². The van der Waals surface area contributed by atoms with Crippen LogP contribution in [-0.4, -0.2) is 60.4 Å². The van der Waals surface area contributed by atoms with Crippen molar-refractivity contribution >= 4 is 35.0 Å². The van der Waals surface area contributed by atoms with Crippen molar-refractivity contribution in [1.82, 2.24) is 24.4 Å². The van der Waals surface area contributed by atoms with Crippen molar-refractivity contribution < 1.29 is 19.1 Å². The smallest absolute Gasteiger partial charge is 0.420 e. The number of fused-ring (bicyclic) bond motifs is 1. The molecule has 2 amide bonds. The molecule has 1 aliphatic carbocycles. The molecule has 5 rings (SSSR count). The van der Waals surface area contributed by atoms with Gasteiger partial charge in [-0.1, -0.05) is 72.8 Å². The van der Waals surface area contributed by atoms with E-state index in [-0.39, 0.29) is 17.9 Å². The first-order valence-electron chi connectivity index (χ1n) is 14.9. The number of halogens is 1. The van der Waals surface area contributed by atoms with E-state index >= 15 is 0 Å². The van der Waals surface area contributed by atoms with E-state index in [0.29, 0.717) is 23.3 Å². The van der Waals surface area contributed by atoms with Crippen LogP contribution in [0.3, 0.4) is 0 Å². The molecule has 0 aliphatic heterocycles. The first-order chi connectivity index (χ1) is 21.2. The summed E-state index contributed by atoms with van der Waals surface area (Å²) in [5.41, 5.74) is 7.65. The van der Waals surface area contributed by atoms with Gasteiger partial charge < -0.3 is 19.8 Å². The van der Waals surface area contributed by atoms with Crippen molar-refractivity contribution in [2.75, 3.05) is 6.54 Å². The summed E-state index contributed by atoms with van der Waals surface area (Å²) in [4.78, 5) is 41.7. The molecule has 2 heterocycles. The number of nitrogens with zero attached hydrogens (tertiary/aromatic N) is 5. The molecule has 2 N–H and O–H groups in total. The van der Waals surface area contributed by atoms with Crippen LogP contribution in [0.1, 0.15) is 70.8 Å². The van der Waals surface area contributed by atoms with Crippen LogP contribution in [-0.2, 0) is 14.9 Å². The summed E-state index contributed by atoms with van der Waals surface area (Å²) < 4.78 is 13.1. The van der Waals surface area contributed by atoms with Crippen LogP contribution in [0.2, 0.25) is 5.28 Å². The van der Waals surface area contributed by atoms with E-state index in [1.165, 1.54) is 0 Å². The van der Waals surface area contributed by atoms with Gasteiger partial charge in [0, 0.05) is 6.54 Å². The van der Waals surface area contributed by atoms with Crippen LogP contribution in [0, 0.1) is 0 Å². The Morgan fingerprint density at radius 3 is 1.91 bits per heavy atom. The molecule has 45 heavy (non-hydrogen) atoms. The van der Waals surface area contributed by atoms with Gasteiger partial charge in [-0.3, -0.25) is 0 Å². The molecule has 0 spiro atoms. The Morgan fingerprint density at radius 2 is 1.42 bits per heavy atom. The fourth-order valence-corrected chi connectivity index (χ4v) is 5.84. The Bertz CT molecular complexity index is 1640. The molecular formula is C34H39ClN6O4. The lowest BCUT2D eigenvalue weighted by Gasteiger charge is -2.33. The summed E-state index contributed by atoms with van der Waals surface area (Å²) in [6, 6.07) is 18.9. The summed E-state index contributed by atoms with van der Waals surface area (Å²) in [7, 11) is 0. The Balaban J connectivity index is 1.57. The number of amides is 2. The molecule has 0 unspecified atom stereocenters. The van der Waals surface area contributed by atoms with Crippen LogP contribution < -0.4 is 5.73 Å². The number of hydrogen-bond acceptors (Lipinski definition) is 8. The molecule has 0 saturated heterocycles. The van der Waals surface area contributed by atoms with E-state index in [0.717, 1.165) is 16.0 Å². The number of nitrogens with two attached hydrogens (primary N) is 1. The number of benzene rings is 2. The molecule has 2 aromatic heterocycles. The van der Waals surface area contributed by atoms with Crippen molar-refractivity contribution in [3.8, 4) is 0 Å². The average molecular weight is 631 g/mol. The van der Waals surface area contributed by atoms with Gasteiger partial charge in [-0.25, -0.2) is 24.5 Å². The summed E-state index contributed by atoms with van der Waals surface area (Å²) in [5, 5.41) is 0.0478. The monoisotopic (exact) mass is 630 g/mol. The maximum Gasteiger partial charge on any atom is 0.420 e. The van der Waals surface area contributed by atoms with E-state index < -0.39 is 34.8 Å². The van der Waals surface area contributed by atoms with Gasteiger partial charge in [0.1, 0.15) is 16.7 Å². The highest BCUT2D eigenvalue weighted by Gasteiger charge is 2.41. The maximum absolute atomic E-state index is 13.3. The highest BCUT2D eigenvalue weighted by Crippen LogP contribution is 2.41. The second-order valence-electron chi connectivity index (χ2n) is 13.1. The Hall–Kier alpha value is -4.28. The molecule has 11 heteroatoms. The van der Waals surface area contributed by atoms with Gasteiger partial charge in [-0.2, -0.15) is 4.98 Å². The minimum absolute atomic E-state index is 0.0478. The molecule has 2 atom stereocenters. The number of allylic oxidation sites excluding steroid dienone is 1. The zero-order chi connectivity index (χ0) is 32.6. The summed E-state index contributed by atoms with van der Waals surface area (Å²) in [6.07, 6.45) is 4.17. The number of rotatable bonds is 6. The van der Waals surface area contributed by atoms with E-state index in [1.807, 2.05) is 71.3 Å². The van der Waals surface area contributed by atoms with Crippen molar-refractivity contribution in [3.05, 3.63) is 101 Å². The molecular weight excluding hydrogens is 592 g/mol. The summed E-state index contributed by atoms with van der Waals surface area (Å²) in [5.74, 6) is 0. The van der Waals surface area contributed by atoms with Gasteiger partial charge in [0.2, 0.25) is 5.28 Å². The van der Waals surface area contributed by atoms with Crippen molar-refractivity contribution in [2.45, 2.75) is 76.7 Å². The second kappa shape index (κ2) is 12.3. The van der Waals surface area contributed by atoms with Gasteiger partial charge in [-0.05, 0) is 70.7 Å². The van der Waals surface area contributed by atoms with Crippen LogP contribution in [0.25, 0.3) is 11.2 Å². The number of carbonyl (C=O) groups excluding carboxylic acids is 2. The van der Waals surface area contributed by atoms with E-state index in [1.54, 1.807) is 53.9 Å². The number of aromatic nitrogens is 4. The zero-order valence-corrected chi connectivity index (χ0v) is 27.2. The summed E-state index contributed by atoms with van der Waals surface area (Å²) in [6.45, 7) is 10.7. The van der Waals surface area contributed by atoms with E-state index in [2.05, 4.69) is 4.98 Å². The first kappa shape index (κ1) is 32.1. The molecule has 0 radical (unpaired) electrons. The highest BCUT2D eigenvalue weighted by molar-refractivity contribution is 6.28. The minimum Gasteiger partial charge on any atom is -0.443 e. The molecule has 0 fully saturated rings. The number of hydrogen-bond donors (Lipinski definition) is 1. The van der Waals surface area contributed by atoms with Gasteiger partial charge >= 0.3 is 12.2 Å². The summed E-state index contributed by atoms with van der Waals surface area (Å²) >= 11 is 6.63. The predicted molar refractivity (Wildman–Crippen MR) is 173 cm³/mol. The third-order valence-electron chi connectivity index (χ3n) is 7.55. The van der Waals surface area contributed by atoms with E-state index in [9.17, 15) is 9.59 Å². The Morgan fingerprint density at radius 1 is 0.889 bits per heavy atom. The first-order valence-corrected chi connectivity index (χ1v) is 15.3. The molecule has 236 valence electrons. The second-order valence-corrected chi connectivity index (χ2v) is 13.4. The lowest BCUT2D eigenvalue weighted by molar-refractivity contribution is -0.00401. The van der Waals surface area contributed by atoms with Crippen molar-refractivity contribution in [2.24, 2.45) is 5.73 Å². The molecule has 0 saturated carbocycles. The van der Waals surface area contributed by atoms with Crippen molar-refractivity contribution in [3.63, 3.8) is 0 Å². The maximum atomic E-state index is 13.3. The zero-order valence-electron chi connectivity index (χ0n) is 26.4. The van der Waals surface area contributed by atoms with Gasteiger partial charge in [0.15, 0.2) is 5.65 Å². The van der Waals surface area contributed by atoms with Gasteiger partial charge in [0.05, 0.1) is 29.5 Å². The number of imide groups is 1. The van der Waals surface area contributed by atoms with Crippen LogP contribution in [0.5, 0.6) is 0 Å². The number of ether oxygens (including phenoxy) is 2. The third kappa shape index (κ3) is 6.57. The van der Waals surface area contributed by atoms with Crippen LogP contribution in [0.4, 0.5) is 9.59 Å². The molecule has 4 aromatic rings. The topological polar surface area (TPSA) is 125 Å². The predicted octanol–water partition coefficient (Wildman–Crippen LogP) is 6.81. The standard InChI is InChI=1S/C34H39ClN6O4/c1-32(2,3)44-30(42)41(31(43)45-33(4,5)6)25-18-17-24(19-25)40-21-37-26-27(38-29(35)39-28(26)40)34(20-36,22-13-9-7-10-14-22)23-15-11-8-12-16-23/h7-18,21,24-25H,19-20,36H2,1-6H3/t24-,25+/m0/s1. The van der Waals surface area contributed by atoms with Crippen LogP contribution >= 0.6 is 11.6 Å². The lowest BCUT2D eigenvalue weighted by Crippen LogP contribution is -2.48. The Labute approximate surface area is 268 Å². The fraction of sp³-hybridized carbons (Fsp3) is 0.382. The molecule has 2 aromatic carbocycles. The third-order valence-corrected chi connectivity index (χ3v) is 7.71. The highest BCUT2D eigenvalue weighted by atomic mass is 35.5. The normalized spacial score (nSPS) is 17.0. The quantitative estimate of drug-likeness (QED) is 0.182. The van der Waals surface area contributed by atoms with Gasteiger partial charge in [0.25, 0.3) is 0 Å². The largest absolute Gasteiger partial charge is 0.443 e. The molecule has 0 bridgehead atoms. The fourth-order valence-electron chi connectivity index (χ4n) is 5.67. The van der Waals surface area contributed by atoms with E-state index in [4.69, 9.17) is 36.8 Å². The average Bonchev–Trinajstić information content (AvgIpc) is 3.60. The minimum atomic E-state index is -0.870. The SMILES string of the molecule is CC(C)(C)OC(=O)N(C(=O)OC(C)(C)C)[C@@H]1C=C[C@H](n2cnc3c(C(CN)(c4ccccc4)c4ccccc4)nc(Cl)nc32)C1. The van der Waals surface area contributed by atoms with Gasteiger partial charge in [-0.15, -0.1) is 0 Å². The van der Waals surface area contributed by atoms with Crippen LogP contribution in [0.15, 0.2) is 79.1 Å². The lowest BCUT2D eigenvalue weighted by atomic mass is 9.71. The molecule has 1 aliphatic rings.